The van der Waals surface area contributed by atoms with Crippen molar-refractivity contribution in [2.45, 2.75) is 0 Å². The van der Waals surface area contributed by atoms with Gasteiger partial charge in [0.05, 0.1) is 33.1 Å². The fraction of sp³-hybridized carbons (Fsp3) is 0. The van der Waals surface area contributed by atoms with Crippen LogP contribution in [0.2, 0.25) is 0 Å². The summed E-state index contributed by atoms with van der Waals surface area (Å²) in [5.74, 6) is 0.905. The molecule has 0 saturated carbocycles. The van der Waals surface area contributed by atoms with Gasteiger partial charge in [-0.2, -0.15) is 0 Å². The summed E-state index contributed by atoms with van der Waals surface area (Å²) in [6.45, 7) is 0. The van der Waals surface area contributed by atoms with Crippen LogP contribution >= 0.6 is 0 Å². The molecule has 256 valence electrons. The highest BCUT2D eigenvalue weighted by Gasteiger charge is 2.25. The number of furan rings is 1. The molecule has 0 atom stereocenters. The Bertz CT molecular complexity index is 3470. The lowest BCUT2D eigenvalue weighted by Gasteiger charge is -2.13. The van der Waals surface area contributed by atoms with Gasteiger partial charge in [0.15, 0.2) is 0 Å². The first-order chi connectivity index (χ1) is 27.3. The quantitative estimate of drug-likeness (QED) is 0.172. The molecule has 0 saturated heterocycles. The molecule has 5 heteroatoms. The smallest absolute Gasteiger partial charge is 0.147 e. The third-order valence-corrected chi connectivity index (χ3v) is 11.2. The normalized spacial score (nSPS) is 12.0. The number of rotatable bonds is 4. The molecule has 0 bridgehead atoms. The van der Waals surface area contributed by atoms with Crippen LogP contribution in [0.4, 0.5) is 0 Å². The lowest BCUT2D eigenvalue weighted by Crippen LogP contribution is -1.98. The van der Waals surface area contributed by atoms with Crippen molar-refractivity contribution in [3.05, 3.63) is 182 Å². The van der Waals surface area contributed by atoms with Crippen LogP contribution in [0.15, 0.2) is 187 Å². The van der Waals surface area contributed by atoms with E-state index in [1.807, 2.05) is 30.5 Å². The molecule has 12 aromatic rings. The predicted octanol–water partition coefficient (Wildman–Crippen LogP) is 13.1. The zero-order valence-corrected chi connectivity index (χ0v) is 29.5. The van der Waals surface area contributed by atoms with E-state index < -0.39 is 0 Å². The molecule has 0 unspecified atom stereocenters. The number of fused-ring (bicyclic) bond motifs is 13. The molecule has 8 aromatic carbocycles. The number of imidazole rings is 1. The van der Waals surface area contributed by atoms with Gasteiger partial charge in [-0.15, -0.1) is 0 Å². The molecule has 4 aromatic heterocycles. The average Bonchev–Trinajstić information content (AvgIpc) is 3.95. The van der Waals surface area contributed by atoms with Gasteiger partial charge in [-0.1, -0.05) is 103 Å². The predicted molar refractivity (Wildman–Crippen MR) is 226 cm³/mol. The molecule has 0 fully saturated rings. The van der Waals surface area contributed by atoms with Gasteiger partial charge in [0.25, 0.3) is 0 Å². The molecule has 5 nitrogen and oxygen atoms in total. The molecular formula is C50H30N4O. The summed E-state index contributed by atoms with van der Waals surface area (Å²) in [5.41, 5.74) is 11.0. The van der Waals surface area contributed by atoms with Crippen molar-refractivity contribution in [1.82, 2.24) is 19.1 Å². The van der Waals surface area contributed by atoms with Crippen LogP contribution in [0.5, 0.6) is 0 Å². The Labute approximate surface area is 315 Å². The molecule has 0 spiro atoms. The Balaban J connectivity index is 1.20. The van der Waals surface area contributed by atoms with Gasteiger partial charge in [0, 0.05) is 50.2 Å². The molecule has 0 aliphatic rings. The Hall–Kier alpha value is -7.50. The number of hydrogen-bond acceptors (Lipinski definition) is 3. The van der Waals surface area contributed by atoms with Crippen LogP contribution in [-0.2, 0) is 0 Å². The van der Waals surface area contributed by atoms with Gasteiger partial charge in [0.2, 0.25) is 0 Å². The highest BCUT2D eigenvalue weighted by molar-refractivity contribution is 6.36. The summed E-state index contributed by atoms with van der Waals surface area (Å²) in [6, 6.07) is 62.0. The summed E-state index contributed by atoms with van der Waals surface area (Å²) in [7, 11) is 0. The maximum Gasteiger partial charge on any atom is 0.147 e. The molecule has 55 heavy (non-hydrogen) atoms. The third-order valence-electron chi connectivity index (χ3n) is 11.2. The Morgan fingerprint density at radius 3 is 1.85 bits per heavy atom. The first kappa shape index (κ1) is 30.0. The van der Waals surface area contributed by atoms with Crippen LogP contribution in [0.1, 0.15) is 0 Å². The molecule has 0 aliphatic heterocycles. The Morgan fingerprint density at radius 2 is 1.07 bits per heavy atom. The summed E-state index contributed by atoms with van der Waals surface area (Å²) in [6.07, 6.45) is 1.86. The molecule has 4 heterocycles. The number of pyridine rings is 1. The minimum absolute atomic E-state index is 0.833. The van der Waals surface area contributed by atoms with Gasteiger partial charge >= 0.3 is 0 Å². The molecule has 0 aliphatic carbocycles. The van der Waals surface area contributed by atoms with E-state index in [-0.39, 0.29) is 0 Å². The van der Waals surface area contributed by atoms with E-state index in [1.54, 1.807) is 0 Å². The summed E-state index contributed by atoms with van der Waals surface area (Å²) in [4.78, 5) is 10.0. The number of aromatic nitrogens is 4. The monoisotopic (exact) mass is 702 g/mol. The van der Waals surface area contributed by atoms with E-state index in [1.165, 1.54) is 21.5 Å². The lowest BCUT2D eigenvalue weighted by atomic mass is 9.95. The maximum atomic E-state index is 7.15. The van der Waals surface area contributed by atoms with Crippen LogP contribution < -0.4 is 0 Å². The summed E-state index contributed by atoms with van der Waals surface area (Å²) >= 11 is 0. The van der Waals surface area contributed by atoms with Crippen LogP contribution in [0.3, 0.4) is 0 Å². The molecule has 0 radical (unpaired) electrons. The number of nitrogens with zero attached hydrogens (tertiary/aromatic N) is 4. The number of benzene rings is 8. The van der Waals surface area contributed by atoms with Crippen molar-refractivity contribution < 1.29 is 4.42 Å². The molecule has 0 N–H and O–H groups in total. The SMILES string of the molecule is c1ccc(-n2c(-c3ccc(-n4c5ccccc5c5cc(-c6ccccn6)c6oc7c8ccccc8c8ccccc8c7c6c54)cc3)nc3ccccc32)cc1. The minimum atomic E-state index is 0.833. The van der Waals surface area contributed by atoms with Gasteiger partial charge < -0.3 is 8.98 Å². The number of para-hydroxylation sites is 4. The second kappa shape index (κ2) is 11.5. The largest absolute Gasteiger partial charge is 0.455 e. The number of hydrogen-bond donors (Lipinski definition) is 0. The van der Waals surface area contributed by atoms with E-state index in [0.29, 0.717) is 0 Å². The van der Waals surface area contributed by atoms with Gasteiger partial charge in [-0.05, 0) is 89.0 Å². The van der Waals surface area contributed by atoms with E-state index in [0.717, 1.165) is 88.8 Å². The summed E-state index contributed by atoms with van der Waals surface area (Å²) < 4.78 is 11.8. The van der Waals surface area contributed by atoms with Crippen LogP contribution in [0, 0.1) is 0 Å². The van der Waals surface area contributed by atoms with Crippen molar-refractivity contribution in [3.8, 4) is 34.0 Å². The van der Waals surface area contributed by atoms with Crippen LogP contribution in [-0.4, -0.2) is 19.1 Å². The minimum Gasteiger partial charge on any atom is -0.455 e. The Morgan fingerprint density at radius 1 is 0.436 bits per heavy atom. The van der Waals surface area contributed by atoms with Gasteiger partial charge in [-0.3, -0.25) is 9.55 Å². The average molecular weight is 703 g/mol. The third kappa shape index (κ3) is 4.29. The van der Waals surface area contributed by atoms with Crippen molar-refractivity contribution in [2.24, 2.45) is 0 Å². The maximum absolute atomic E-state index is 7.15. The lowest BCUT2D eigenvalue weighted by molar-refractivity contribution is 0.674. The van der Waals surface area contributed by atoms with E-state index in [4.69, 9.17) is 14.4 Å². The van der Waals surface area contributed by atoms with Crippen molar-refractivity contribution >= 4 is 76.3 Å². The summed E-state index contributed by atoms with van der Waals surface area (Å²) in [5, 5.41) is 9.17. The van der Waals surface area contributed by atoms with E-state index in [2.05, 4.69) is 161 Å². The van der Waals surface area contributed by atoms with Gasteiger partial charge in [-0.25, -0.2) is 4.98 Å². The van der Waals surface area contributed by atoms with E-state index in [9.17, 15) is 0 Å². The molecular weight excluding hydrogens is 673 g/mol. The first-order valence-electron chi connectivity index (χ1n) is 18.6. The standard InChI is InChI=1S/C50H30N4O/c1-2-14-32(15-3-1)54-44-24-11-9-22-42(44)52-50(54)31-25-27-33(28-26-31)53-43-23-10-8-18-36(43)39-30-40(41-21-12-13-29-51-41)49-46(47(39)53)45-37-19-6-4-16-34(37)35-17-5-7-20-38(35)48(45)55-49/h1-30H. The highest BCUT2D eigenvalue weighted by atomic mass is 16.3. The van der Waals surface area contributed by atoms with Crippen molar-refractivity contribution in [2.75, 3.05) is 0 Å². The fourth-order valence-electron chi connectivity index (χ4n) is 8.81. The topological polar surface area (TPSA) is 48.8 Å². The molecule has 0 amide bonds. The Kier molecular flexibility index (Phi) is 6.27. The highest BCUT2D eigenvalue weighted by Crippen LogP contribution is 2.48. The van der Waals surface area contributed by atoms with E-state index >= 15 is 0 Å². The first-order valence-corrected chi connectivity index (χ1v) is 18.6. The van der Waals surface area contributed by atoms with Crippen molar-refractivity contribution in [1.29, 1.82) is 0 Å². The molecule has 12 rings (SSSR count). The second-order valence-corrected chi connectivity index (χ2v) is 14.1. The second-order valence-electron chi connectivity index (χ2n) is 14.1. The van der Waals surface area contributed by atoms with Gasteiger partial charge in [0.1, 0.15) is 17.0 Å². The van der Waals surface area contributed by atoms with Crippen LogP contribution in [0.25, 0.3) is 110 Å². The zero-order valence-electron chi connectivity index (χ0n) is 29.5. The zero-order chi connectivity index (χ0) is 36.0. The fourth-order valence-corrected chi connectivity index (χ4v) is 8.81. The van der Waals surface area contributed by atoms with Crippen molar-refractivity contribution in [3.63, 3.8) is 0 Å².